The summed E-state index contributed by atoms with van der Waals surface area (Å²) in [4.78, 5) is 1.55. The number of hydrogen-bond donors (Lipinski definition) is 0. The molecule has 0 radical (unpaired) electrons. The molecule has 0 saturated carbocycles. The van der Waals surface area contributed by atoms with Crippen LogP contribution in [0.25, 0.3) is 11.1 Å². The summed E-state index contributed by atoms with van der Waals surface area (Å²) in [6.45, 7) is 0. The molecule has 0 atom stereocenters. The summed E-state index contributed by atoms with van der Waals surface area (Å²) in [7, 11) is 3.31. The largest absolute Gasteiger partial charge is 0.573 e. The SMILES string of the molecule is CN(C)c1cccc(-c2ccccc2OC(F)(F)F)c1F. The van der Waals surface area contributed by atoms with Gasteiger partial charge in [-0.3, -0.25) is 0 Å². The fourth-order valence-electron chi connectivity index (χ4n) is 1.98. The van der Waals surface area contributed by atoms with Crippen molar-refractivity contribution in [3.8, 4) is 16.9 Å². The molecular formula is C15H13F4NO. The molecule has 21 heavy (non-hydrogen) atoms. The summed E-state index contributed by atoms with van der Waals surface area (Å²) in [6.07, 6.45) is -4.83. The highest BCUT2D eigenvalue weighted by Gasteiger charge is 2.32. The van der Waals surface area contributed by atoms with Crippen molar-refractivity contribution in [2.75, 3.05) is 19.0 Å². The fourth-order valence-corrected chi connectivity index (χ4v) is 1.98. The predicted octanol–water partition coefficient (Wildman–Crippen LogP) is 4.46. The molecule has 2 rings (SSSR count). The molecule has 0 amide bonds. The number of benzene rings is 2. The maximum atomic E-state index is 14.4. The van der Waals surface area contributed by atoms with Crippen molar-refractivity contribution in [2.45, 2.75) is 6.36 Å². The van der Waals surface area contributed by atoms with Gasteiger partial charge in [-0.15, -0.1) is 13.2 Å². The van der Waals surface area contributed by atoms with Crippen molar-refractivity contribution in [1.29, 1.82) is 0 Å². The fraction of sp³-hybridized carbons (Fsp3) is 0.200. The molecule has 6 heteroatoms. The monoisotopic (exact) mass is 299 g/mol. The van der Waals surface area contributed by atoms with Gasteiger partial charge in [0.2, 0.25) is 0 Å². The van der Waals surface area contributed by atoms with Crippen molar-refractivity contribution in [3.05, 3.63) is 48.3 Å². The summed E-state index contributed by atoms with van der Waals surface area (Å²) in [6, 6.07) is 10.0. The van der Waals surface area contributed by atoms with E-state index in [-0.39, 0.29) is 16.8 Å². The summed E-state index contributed by atoms with van der Waals surface area (Å²) in [5.41, 5.74) is 0.395. The number of alkyl halides is 3. The van der Waals surface area contributed by atoms with Crippen LogP contribution in [0.3, 0.4) is 0 Å². The van der Waals surface area contributed by atoms with E-state index in [4.69, 9.17) is 0 Å². The van der Waals surface area contributed by atoms with Gasteiger partial charge in [-0.05, 0) is 12.1 Å². The first-order valence-corrected chi connectivity index (χ1v) is 6.10. The number of rotatable bonds is 3. The van der Waals surface area contributed by atoms with Crippen LogP contribution in [0.15, 0.2) is 42.5 Å². The standard InChI is InChI=1S/C15H13F4NO/c1-20(2)12-8-5-7-11(14(12)16)10-6-3-4-9-13(10)21-15(17,18)19/h3-9H,1-2H3. The molecule has 0 saturated heterocycles. The maximum Gasteiger partial charge on any atom is 0.573 e. The lowest BCUT2D eigenvalue weighted by atomic mass is 10.0. The van der Waals surface area contributed by atoms with Crippen LogP contribution in [-0.2, 0) is 0 Å². The number of anilines is 1. The highest BCUT2D eigenvalue weighted by Crippen LogP contribution is 2.37. The van der Waals surface area contributed by atoms with Gasteiger partial charge in [-0.1, -0.05) is 30.3 Å². The first kappa shape index (κ1) is 15.2. The molecule has 112 valence electrons. The lowest BCUT2D eigenvalue weighted by molar-refractivity contribution is -0.274. The molecule has 0 bridgehead atoms. The van der Waals surface area contributed by atoms with Crippen LogP contribution >= 0.6 is 0 Å². The Labute approximate surface area is 119 Å². The molecule has 2 aromatic rings. The van der Waals surface area contributed by atoms with E-state index in [9.17, 15) is 17.6 Å². The Hall–Kier alpha value is -2.24. The van der Waals surface area contributed by atoms with Crippen molar-refractivity contribution in [2.24, 2.45) is 0 Å². The Kier molecular flexibility index (Phi) is 4.06. The molecule has 0 spiro atoms. The van der Waals surface area contributed by atoms with E-state index < -0.39 is 17.9 Å². The zero-order valence-electron chi connectivity index (χ0n) is 11.4. The summed E-state index contributed by atoms with van der Waals surface area (Å²) in [5.74, 6) is -1.03. The maximum absolute atomic E-state index is 14.4. The summed E-state index contributed by atoms with van der Waals surface area (Å²) < 4.78 is 55.7. The molecule has 0 heterocycles. The molecular weight excluding hydrogens is 286 g/mol. The zero-order valence-corrected chi connectivity index (χ0v) is 11.4. The van der Waals surface area contributed by atoms with Crippen LogP contribution in [0.4, 0.5) is 23.2 Å². The van der Waals surface area contributed by atoms with E-state index >= 15 is 0 Å². The van der Waals surface area contributed by atoms with Crippen molar-refractivity contribution in [3.63, 3.8) is 0 Å². The van der Waals surface area contributed by atoms with Crippen LogP contribution in [0.5, 0.6) is 5.75 Å². The van der Waals surface area contributed by atoms with Crippen LogP contribution in [0.1, 0.15) is 0 Å². The third-order valence-corrected chi connectivity index (χ3v) is 2.86. The molecule has 0 aliphatic rings. The molecule has 0 aliphatic carbocycles. The second kappa shape index (κ2) is 5.63. The molecule has 2 nitrogen and oxygen atoms in total. The van der Waals surface area contributed by atoms with E-state index in [1.54, 1.807) is 31.1 Å². The lowest BCUT2D eigenvalue weighted by Gasteiger charge is -2.17. The first-order chi connectivity index (χ1) is 9.79. The molecule has 0 aliphatic heterocycles. The average molecular weight is 299 g/mol. The van der Waals surface area contributed by atoms with Crippen molar-refractivity contribution in [1.82, 2.24) is 0 Å². The molecule has 2 aromatic carbocycles. The minimum absolute atomic E-state index is 0.0519. The lowest BCUT2D eigenvalue weighted by Crippen LogP contribution is -2.17. The number of para-hydroxylation sites is 1. The third-order valence-electron chi connectivity index (χ3n) is 2.86. The van der Waals surface area contributed by atoms with E-state index in [1.165, 1.54) is 24.3 Å². The number of ether oxygens (including phenoxy) is 1. The van der Waals surface area contributed by atoms with Gasteiger partial charge in [0.1, 0.15) is 5.75 Å². The van der Waals surface area contributed by atoms with Crippen molar-refractivity contribution >= 4 is 5.69 Å². The Morgan fingerprint density at radius 3 is 2.14 bits per heavy atom. The normalized spacial score (nSPS) is 11.3. The second-order valence-electron chi connectivity index (χ2n) is 4.58. The van der Waals surface area contributed by atoms with Crippen LogP contribution in [0.2, 0.25) is 0 Å². The van der Waals surface area contributed by atoms with Crippen LogP contribution in [0, 0.1) is 5.82 Å². The summed E-state index contributed by atoms with van der Waals surface area (Å²) >= 11 is 0. The Morgan fingerprint density at radius 1 is 0.905 bits per heavy atom. The minimum Gasteiger partial charge on any atom is -0.405 e. The smallest absolute Gasteiger partial charge is 0.405 e. The molecule has 0 aromatic heterocycles. The minimum atomic E-state index is -4.83. The third kappa shape index (κ3) is 3.45. The van der Waals surface area contributed by atoms with Gasteiger partial charge in [0.05, 0.1) is 5.69 Å². The number of halogens is 4. The number of nitrogens with zero attached hydrogens (tertiary/aromatic N) is 1. The van der Waals surface area contributed by atoms with Crippen molar-refractivity contribution < 1.29 is 22.3 Å². The van der Waals surface area contributed by atoms with Gasteiger partial charge in [0.15, 0.2) is 5.82 Å². The Balaban J connectivity index is 2.55. The topological polar surface area (TPSA) is 12.5 Å². The van der Waals surface area contributed by atoms with E-state index in [0.717, 1.165) is 6.07 Å². The average Bonchev–Trinajstić information content (AvgIpc) is 2.38. The zero-order chi connectivity index (χ0) is 15.6. The first-order valence-electron chi connectivity index (χ1n) is 6.10. The Bertz CT molecular complexity index is 638. The molecule has 0 N–H and O–H groups in total. The van der Waals surface area contributed by atoms with E-state index in [1.807, 2.05) is 0 Å². The quantitative estimate of drug-likeness (QED) is 0.776. The van der Waals surface area contributed by atoms with Gasteiger partial charge in [-0.2, -0.15) is 0 Å². The highest BCUT2D eigenvalue weighted by molar-refractivity contribution is 5.74. The highest BCUT2D eigenvalue weighted by atomic mass is 19.4. The van der Waals surface area contributed by atoms with Crippen LogP contribution < -0.4 is 9.64 Å². The van der Waals surface area contributed by atoms with E-state index in [2.05, 4.69) is 4.74 Å². The summed E-state index contributed by atoms with van der Waals surface area (Å²) in [5, 5.41) is 0. The molecule has 0 unspecified atom stereocenters. The Morgan fingerprint density at radius 2 is 1.52 bits per heavy atom. The van der Waals surface area contributed by atoms with Gasteiger partial charge in [0, 0.05) is 25.2 Å². The predicted molar refractivity (Wildman–Crippen MR) is 72.8 cm³/mol. The van der Waals surface area contributed by atoms with Crippen LogP contribution in [-0.4, -0.2) is 20.5 Å². The van der Waals surface area contributed by atoms with Gasteiger partial charge in [-0.25, -0.2) is 4.39 Å². The molecule has 0 fully saturated rings. The van der Waals surface area contributed by atoms with E-state index in [0.29, 0.717) is 0 Å². The van der Waals surface area contributed by atoms with Gasteiger partial charge < -0.3 is 9.64 Å². The van der Waals surface area contributed by atoms with Gasteiger partial charge >= 0.3 is 6.36 Å². The second-order valence-corrected chi connectivity index (χ2v) is 4.58. The number of hydrogen-bond acceptors (Lipinski definition) is 2. The van der Waals surface area contributed by atoms with Gasteiger partial charge in [0.25, 0.3) is 0 Å².